The summed E-state index contributed by atoms with van der Waals surface area (Å²) in [6, 6.07) is 10.4. The Morgan fingerprint density at radius 2 is 1.80 bits per heavy atom. The number of carbonyl (C=O) groups is 4. The molecule has 1 saturated heterocycles. The maximum atomic E-state index is 13.7. The highest BCUT2D eigenvalue weighted by atomic mass is 35.5. The molecule has 318 valence electrons. The van der Waals surface area contributed by atoms with Crippen LogP contribution in [0.2, 0.25) is 10.0 Å². The molecule has 1 saturated carbocycles. The van der Waals surface area contributed by atoms with Crippen molar-refractivity contribution in [1.82, 2.24) is 34.6 Å². The van der Waals surface area contributed by atoms with Gasteiger partial charge in [0, 0.05) is 75.0 Å². The highest BCUT2D eigenvalue weighted by Gasteiger charge is 2.37. The zero-order valence-corrected chi connectivity index (χ0v) is 36.2. The highest BCUT2D eigenvalue weighted by Crippen LogP contribution is 2.41. The number of methoxy groups -OCH3 is 2. The number of anilines is 1. The van der Waals surface area contributed by atoms with Crippen LogP contribution in [0.15, 0.2) is 42.6 Å². The number of imidazole rings is 1. The van der Waals surface area contributed by atoms with Crippen LogP contribution < -0.4 is 15.4 Å². The number of pyridine rings is 2. The number of hydrogen-bond acceptors (Lipinski definition) is 11. The van der Waals surface area contributed by atoms with Crippen molar-refractivity contribution in [2.45, 2.75) is 77.6 Å². The fraction of sp³-hybridized carbons (Fsp3) is 0.465. The van der Waals surface area contributed by atoms with Crippen molar-refractivity contribution >= 4 is 52.8 Å². The third-order valence-corrected chi connectivity index (χ3v) is 12.0. The average Bonchev–Trinajstić information content (AvgIpc) is 3.77. The van der Waals surface area contributed by atoms with Gasteiger partial charge < -0.3 is 34.3 Å². The van der Waals surface area contributed by atoms with Crippen LogP contribution in [0.4, 0.5) is 10.5 Å². The second kappa shape index (κ2) is 17.8. The zero-order valence-electron chi connectivity index (χ0n) is 34.6. The van der Waals surface area contributed by atoms with Gasteiger partial charge in [-0.3, -0.25) is 24.3 Å². The van der Waals surface area contributed by atoms with Gasteiger partial charge >= 0.3 is 12.1 Å². The molecule has 7 rings (SSSR count). The van der Waals surface area contributed by atoms with E-state index in [9.17, 15) is 19.2 Å². The number of fused-ring (bicyclic) bond motifs is 1. The van der Waals surface area contributed by atoms with E-state index in [2.05, 4.69) is 20.5 Å². The number of aromatic nitrogens is 4. The van der Waals surface area contributed by atoms with E-state index in [-0.39, 0.29) is 58.7 Å². The Bertz CT molecular complexity index is 2300. The molecule has 1 atom stereocenters. The molecule has 2 aliphatic heterocycles. The number of hydrogen-bond donors (Lipinski definition) is 2. The van der Waals surface area contributed by atoms with Crippen LogP contribution in [0.1, 0.15) is 74.0 Å². The molecule has 5 heterocycles. The fourth-order valence-electron chi connectivity index (χ4n) is 8.06. The third-order valence-electron chi connectivity index (χ3n) is 11.2. The number of carbonyl (C=O) groups excluding carboxylic acids is 4. The molecule has 17 heteroatoms. The summed E-state index contributed by atoms with van der Waals surface area (Å²) in [6.07, 6.45) is 4.49. The standard InChI is InChI=1S/C43H50Cl2N8O7/c1-43(2,3)60-42(57)53(22-27-11-13-34(54)47-27)21-25-10-12-30(50-40(25)58-5)28-14-16-46-37(36(28)45)29-8-7-9-32(35(29)44)49-39(55)38-48-31-15-17-52(23-33(31)51(38)4)20-24-18-26(19-24)41(56)59-6/h7-10,12,14,16,24,26-27H,11,13,15,17-23H2,1-6H3,(H,47,54)(H,49,55)/t24?,26?,27-/m0/s1. The lowest BCUT2D eigenvalue weighted by Crippen LogP contribution is -2.43. The number of nitrogens with one attached hydrogen (secondary N) is 2. The first kappa shape index (κ1) is 42.9. The number of rotatable bonds is 12. The van der Waals surface area contributed by atoms with Crippen molar-refractivity contribution in [2.75, 3.05) is 39.2 Å². The normalized spacial score (nSPS) is 18.9. The van der Waals surface area contributed by atoms with Crippen molar-refractivity contribution in [3.05, 3.63) is 75.4 Å². The van der Waals surface area contributed by atoms with E-state index in [0.29, 0.717) is 59.1 Å². The van der Waals surface area contributed by atoms with Gasteiger partial charge in [-0.15, -0.1) is 0 Å². The molecule has 2 fully saturated rings. The van der Waals surface area contributed by atoms with Crippen LogP contribution >= 0.6 is 23.2 Å². The number of ether oxygens (including phenoxy) is 3. The summed E-state index contributed by atoms with van der Waals surface area (Å²) in [6.45, 7) is 8.15. The predicted octanol–water partition coefficient (Wildman–Crippen LogP) is 6.68. The van der Waals surface area contributed by atoms with E-state index < -0.39 is 17.6 Å². The summed E-state index contributed by atoms with van der Waals surface area (Å²) in [5, 5.41) is 6.39. The zero-order chi connectivity index (χ0) is 42.9. The highest BCUT2D eigenvalue weighted by molar-refractivity contribution is 6.39. The monoisotopic (exact) mass is 860 g/mol. The molecule has 60 heavy (non-hydrogen) atoms. The molecule has 2 N–H and O–H groups in total. The molecule has 3 aliphatic rings. The first-order chi connectivity index (χ1) is 28.6. The van der Waals surface area contributed by atoms with Crippen LogP contribution in [0, 0.1) is 11.8 Å². The molecule has 4 aromatic rings. The third kappa shape index (κ3) is 9.38. The summed E-state index contributed by atoms with van der Waals surface area (Å²) in [5.74, 6) is 0.406. The van der Waals surface area contributed by atoms with E-state index in [1.165, 1.54) is 14.2 Å². The van der Waals surface area contributed by atoms with Crippen LogP contribution in [0.25, 0.3) is 22.5 Å². The van der Waals surface area contributed by atoms with Gasteiger partial charge in [0.25, 0.3) is 5.91 Å². The van der Waals surface area contributed by atoms with Gasteiger partial charge in [0.15, 0.2) is 5.82 Å². The van der Waals surface area contributed by atoms with Crippen molar-refractivity contribution in [3.8, 4) is 28.4 Å². The number of nitrogens with zero attached hydrogens (tertiary/aromatic N) is 6. The van der Waals surface area contributed by atoms with Crippen LogP contribution in [-0.4, -0.2) is 98.7 Å². The van der Waals surface area contributed by atoms with Crippen molar-refractivity contribution < 1.29 is 33.4 Å². The van der Waals surface area contributed by atoms with Crippen molar-refractivity contribution in [3.63, 3.8) is 0 Å². The fourth-order valence-corrected chi connectivity index (χ4v) is 8.63. The average molecular weight is 862 g/mol. The van der Waals surface area contributed by atoms with Crippen molar-refractivity contribution in [2.24, 2.45) is 18.9 Å². The van der Waals surface area contributed by atoms with Gasteiger partial charge in [-0.1, -0.05) is 35.3 Å². The van der Waals surface area contributed by atoms with E-state index >= 15 is 0 Å². The number of esters is 1. The lowest BCUT2D eigenvalue weighted by Gasteiger charge is -2.38. The molecule has 1 aromatic carbocycles. The minimum absolute atomic E-state index is 0.00971. The number of amides is 3. The van der Waals surface area contributed by atoms with Gasteiger partial charge in [-0.25, -0.2) is 14.8 Å². The molecule has 3 aromatic heterocycles. The number of halogens is 2. The molecule has 0 bridgehead atoms. The quantitative estimate of drug-likeness (QED) is 0.146. The van der Waals surface area contributed by atoms with Gasteiger partial charge in [-0.05, 0) is 70.2 Å². The van der Waals surface area contributed by atoms with E-state index in [4.69, 9.17) is 47.4 Å². The Morgan fingerprint density at radius 1 is 1.02 bits per heavy atom. The van der Waals surface area contributed by atoms with Crippen LogP contribution in [-0.2, 0) is 45.6 Å². The lowest BCUT2D eigenvalue weighted by molar-refractivity contribution is -0.150. The maximum Gasteiger partial charge on any atom is 0.410 e. The molecule has 0 spiro atoms. The Hall–Kier alpha value is -5.25. The second-order valence-electron chi connectivity index (χ2n) is 16.6. The first-order valence-corrected chi connectivity index (χ1v) is 20.8. The Morgan fingerprint density at radius 3 is 2.50 bits per heavy atom. The van der Waals surface area contributed by atoms with Gasteiger partial charge in [-0.2, -0.15) is 0 Å². The number of benzene rings is 1. The van der Waals surface area contributed by atoms with Crippen LogP contribution in [0.5, 0.6) is 5.88 Å². The van der Waals surface area contributed by atoms with E-state index in [1.54, 1.807) is 62.2 Å². The first-order valence-electron chi connectivity index (χ1n) is 20.0. The predicted molar refractivity (Wildman–Crippen MR) is 226 cm³/mol. The SMILES string of the molecule is COC(=O)C1CC(CN2CCc3nc(C(=O)Nc4cccc(-c5nccc(-c6ccc(CN(C[C@@H]7CCC(=O)N7)C(=O)OC(C)(C)C)c(OC)n6)c5Cl)c4Cl)n(C)c3C2)C1. The summed E-state index contributed by atoms with van der Waals surface area (Å²) < 4.78 is 18.1. The van der Waals surface area contributed by atoms with Gasteiger partial charge in [0.05, 0.1) is 65.2 Å². The van der Waals surface area contributed by atoms with Crippen LogP contribution in [0.3, 0.4) is 0 Å². The molecule has 3 amide bonds. The molecular formula is C43H50Cl2N8O7. The molecule has 1 aliphatic carbocycles. The topological polar surface area (TPSA) is 170 Å². The smallest absolute Gasteiger partial charge is 0.410 e. The minimum atomic E-state index is -0.720. The Kier molecular flexibility index (Phi) is 12.7. The largest absolute Gasteiger partial charge is 0.481 e. The van der Waals surface area contributed by atoms with Gasteiger partial charge in [0.2, 0.25) is 11.8 Å². The Balaban J connectivity index is 1.07. The Labute approximate surface area is 359 Å². The lowest BCUT2D eigenvalue weighted by atomic mass is 9.74. The molecule has 0 radical (unpaired) electrons. The van der Waals surface area contributed by atoms with Gasteiger partial charge in [0.1, 0.15) is 5.60 Å². The molecule has 15 nitrogen and oxygen atoms in total. The summed E-state index contributed by atoms with van der Waals surface area (Å²) in [4.78, 5) is 68.8. The second-order valence-corrected chi connectivity index (χ2v) is 17.4. The summed E-state index contributed by atoms with van der Waals surface area (Å²) in [7, 11) is 4.78. The minimum Gasteiger partial charge on any atom is -0.481 e. The van der Waals surface area contributed by atoms with E-state index in [0.717, 1.165) is 43.7 Å². The van der Waals surface area contributed by atoms with E-state index in [1.807, 2.05) is 17.7 Å². The maximum absolute atomic E-state index is 13.7. The summed E-state index contributed by atoms with van der Waals surface area (Å²) >= 11 is 14.1. The molecule has 0 unspecified atom stereocenters. The summed E-state index contributed by atoms with van der Waals surface area (Å²) in [5.41, 5.74) is 4.08. The molecular weight excluding hydrogens is 811 g/mol. The van der Waals surface area contributed by atoms with Crippen molar-refractivity contribution in [1.29, 1.82) is 0 Å².